The van der Waals surface area contributed by atoms with Crippen LogP contribution in [0.25, 0.3) is 0 Å². The van der Waals surface area contributed by atoms with Crippen molar-refractivity contribution >= 4 is 12.0 Å². The SMILES string of the molecule is O=CC1OC1c1ccccc1[N+](=O)[O-]. The Kier molecular flexibility index (Phi) is 2.01. The standard InChI is InChI=1S/C9H7NO4/c11-5-8-9(14-8)6-3-1-2-4-7(6)10(12)13/h1-5,8-9H. The molecule has 1 aliphatic heterocycles. The number of carbonyl (C=O) groups excluding carboxylic acids is 1. The molecule has 72 valence electrons. The number of para-hydroxylation sites is 1. The van der Waals surface area contributed by atoms with Crippen molar-refractivity contribution in [1.29, 1.82) is 0 Å². The van der Waals surface area contributed by atoms with E-state index in [-0.39, 0.29) is 5.69 Å². The van der Waals surface area contributed by atoms with Gasteiger partial charge in [0.2, 0.25) is 0 Å². The Morgan fingerprint density at radius 3 is 2.71 bits per heavy atom. The Morgan fingerprint density at radius 2 is 2.14 bits per heavy atom. The minimum absolute atomic E-state index is 0.00171. The van der Waals surface area contributed by atoms with E-state index in [2.05, 4.69) is 0 Å². The Balaban J connectivity index is 2.34. The lowest BCUT2D eigenvalue weighted by atomic mass is 10.1. The Labute approximate surface area is 79.4 Å². The molecule has 2 atom stereocenters. The van der Waals surface area contributed by atoms with Crippen molar-refractivity contribution < 1.29 is 14.5 Å². The van der Waals surface area contributed by atoms with Crippen LogP contribution >= 0.6 is 0 Å². The van der Waals surface area contributed by atoms with E-state index in [1.807, 2.05) is 0 Å². The quantitative estimate of drug-likeness (QED) is 0.313. The first-order valence-corrected chi connectivity index (χ1v) is 4.08. The summed E-state index contributed by atoms with van der Waals surface area (Å²) in [5.74, 6) is 0. The number of aldehydes is 1. The fourth-order valence-corrected chi connectivity index (χ4v) is 1.37. The predicted molar refractivity (Wildman–Crippen MR) is 46.8 cm³/mol. The van der Waals surface area contributed by atoms with Gasteiger partial charge in [0.05, 0.1) is 10.5 Å². The van der Waals surface area contributed by atoms with Gasteiger partial charge in [-0.15, -0.1) is 0 Å². The van der Waals surface area contributed by atoms with Crippen LogP contribution in [0.3, 0.4) is 0 Å². The molecular weight excluding hydrogens is 186 g/mol. The first-order valence-electron chi connectivity index (χ1n) is 4.08. The zero-order valence-corrected chi connectivity index (χ0v) is 7.12. The molecule has 0 N–H and O–H groups in total. The molecule has 5 heteroatoms. The van der Waals surface area contributed by atoms with Crippen molar-refractivity contribution in [1.82, 2.24) is 0 Å². The van der Waals surface area contributed by atoms with Crippen LogP contribution in [0.15, 0.2) is 24.3 Å². The molecule has 0 bridgehead atoms. The van der Waals surface area contributed by atoms with Gasteiger partial charge in [-0.3, -0.25) is 10.1 Å². The van der Waals surface area contributed by atoms with Gasteiger partial charge in [-0.2, -0.15) is 0 Å². The van der Waals surface area contributed by atoms with Crippen molar-refractivity contribution in [3.8, 4) is 0 Å². The molecule has 0 amide bonds. The fraction of sp³-hybridized carbons (Fsp3) is 0.222. The Morgan fingerprint density at radius 1 is 1.43 bits per heavy atom. The van der Waals surface area contributed by atoms with Gasteiger partial charge in [0.1, 0.15) is 12.2 Å². The van der Waals surface area contributed by atoms with E-state index in [4.69, 9.17) is 4.74 Å². The first-order chi connectivity index (χ1) is 6.74. The second-order valence-electron chi connectivity index (χ2n) is 2.97. The molecule has 1 aromatic carbocycles. The summed E-state index contributed by atoms with van der Waals surface area (Å²) < 4.78 is 4.97. The molecule has 2 unspecified atom stereocenters. The van der Waals surface area contributed by atoms with Crippen molar-refractivity contribution in [3.63, 3.8) is 0 Å². The number of ether oxygens (including phenoxy) is 1. The van der Waals surface area contributed by atoms with Crippen molar-refractivity contribution in [2.75, 3.05) is 0 Å². The summed E-state index contributed by atoms with van der Waals surface area (Å²) in [6, 6.07) is 6.27. The molecule has 0 spiro atoms. The van der Waals surface area contributed by atoms with Gasteiger partial charge >= 0.3 is 0 Å². The molecule has 1 aliphatic rings. The molecule has 2 rings (SSSR count). The van der Waals surface area contributed by atoms with Gasteiger partial charge in [-0.25, -0.2) is 0 Å². The van der Waals surface area contributed by atoms with Gasteiger partial charge in [0.25, 0.3) is 5.69 Å². The van der Waals surface area contributed by atoms with Gasteiger partial charge in [0.15, 0.2) is 6.29 Å². The summed E-state index contributed by atoms with van der Waals surface area (Å²) >= 11 is 0. The highest BCUT2D eigenvalue weighted by Crippen LogP contribution is 2.41. The molecule has 0 radical (unpaired) electrons. The number of nitro benzene ring substituents is 1. The number of benzene rings is 1. The normalized spacial score (nSPS) is 24.3. The maximum atomic E-state index is 10.6. The van der Waals surface area contributed by atoms with Crippen LogP contribution in [0.5, 0.6) is 0 Å². The zero-order chi connectivity index (χ0) is 10.1. The molecule has 1 aromatic rings. The third kappa shape index (κ3) is 1.38. The number of carbonyl (C=O) groups is 1. The van der Waals surface area contributed by atoms with Crippen LogP contribution in [0.2, 0.25) is 0 Å². The molecular formula is C9H7NO4. The van der Waals surface area contributed by atoms with Crippen LogP contribution in [0, 0.1) is 10.1 Å². The number of nitrogens with zero attached hydrogens (tertiary/aromatic N) is 1. The number of epoxide rings is 1. The van der Waals surface area contributed by atoms with Crippen molar-refractivity contribution in [3.05, 3.63) is 39.9 Å². The molecule has 5 nitrogen and oxygen atoms in total. The Hall–Kier alpha value is -1.75. The summed E-state index contributed by atoms with van der Waals surface area (Å²) in [6.07, 6.45) is -0.299. The minimum Gasteiger partial charge on any atom is -0.356 e. The molecule has 0 aliphatic carbocycles. The molecule has 1 saturated heterocycles. The summed E-state index contributed by atoms with van der Waals surface area (Å²) in [5.41, 5.74) is 0.469. The molecule has 1 heterocycles. The number of nitro groups is 1. The van der Waals surface area contributed by atoms with Crippen LogP contribution in [0.4, 0.5) is 5.69 Å². The van der Waals surface area contributed by atoms with E-state index in [9.17, 15) is 14.9 Å². The number of hydrogen-bond donors (Lipinski definition) is 0. The highest BCUT2D eigenvalue weighted by Gasteiger charge is 2.43. The molecule has 0 saturated carbocycles. The largest absolute Gasteiger partial charge is 0.356 e. The maximum Gasteiger partial charge on any atom is 0.275 e. The van der Waals surface area contributed by atoms with E-state index in [1.54, 1.807) is 18.2 Å². The second kappa shape index (κ2) is 3.19. The zero-order valence-electron chi connectivity index (χ0n) is 7.12. The lowest BCUT2D eigenvalue weighted by Gasteiger charge is -1.96. The van der Waals surface area contributed by atoms with Crippen LogP contribution in [0.1, 0.15) is 11.7 Å². The lowest BCUT2D eigenvalue weighted by Crippen LogP contribution is -1.96. The number of hydrogen-bond acceptors (Lipinski definition) is 4. The molecule has 1 fully saturated rings. The monoisotopic (exact) mass is 193 g/mol. The van der Waals surface area contributed by atoms with Crippen molar-refractivity contribution in [2.24, 2.45) is 0 Å². The summed E-state index contributed by atoms with van der Waals surface area (Å²) in [7, 11) is 0. The predicted octanol–water partition coefficient (Wildman–Crippen LogP) is 1.23. The molecule has 0 aromatic heterocycles. The van der Waals surface area contributed by atoms with E-state index >= 15 is 0 Å². The van der Waals surface area contributed by atoms with Crippen LogP contribution < -0.4 is 0 Å². The van der Waals surface area contributed by atoms with Crippen LogP contribution in [-0.2, 0) is 9.53 Å². The van der Waals surface area contributed by atoms with E-state index < -0.39 is 17.1 Å². The smallest absolute Gasteiger partial charge is 0.275 e. The van der Waals surface area contributed by atoms with Gasteiger partial charge < -0.3 is 9.53 Å². The van der Waals surface area contributed by atoms with Gasteiger partial charge in [-0.05, 0) is 6.07 Å². The van der Waals surface area contributed by atoms with Gasteiger partial charge in [-0.1, -0.05) is 12.1 Å². The van der Waals surface area contributed by atoms with Gasteiger partial charge in [0, 0.05) is 6.07 Å². The first kappa shape index (κ1) is 8.83. The average Bonchev–Trinajstić information content (AvgIpc) is 2.96. The highest BCUT2D eigenvalue weighted by atomic mass is 16.6. The van der Waals surface area contributed by atoms with Crippen molar-refractivity contribution in [2.45, 2.75) is 12.2 Å². The summed E-state index contributed by atoms with van der Waals surface area (Å²) in [5, 5.41) is 10.6. The fourth-order valence-electron chi connectivity index (χ4n) is 1.37. The van der Waals surface area contributed by atoms with Crippen LogP contribution in [-0.4, -0.2) is 17.3 Å². The lowest BCUT2D eigenvalue weighted by molar-refractivity contribution is -0.385. The minimum atomic E-state index is -0.518. The topological polar surface area (TPSA) is 72.7 Å². The maximum absolute atomic E-state index is 10.6. The van der Waals surface area contributed by atoms with E-state index in [0.29, 0.717) is 11.8 Å². The summed E-state index contributed by atoms with van der Waals surface area (Å²) in [4.78, 5) is 20.5. The van der Waals surface area contributed by atoms with E-state index in [1.165, 1.54) is 6.07 Å². The average molecular weight is 193 g/mol. The highest BCUT2D eigenvalue weighted by molar-refractivity contribution is 5.63. The third-order valence-corrected chi connectivity index (χ3v) is 2.10. The van der Waals surface area contributed by atoms with E-state index in [0.717, 1.165) is 0 Å². The number of rotatable bonds is 3. The second-order valence-corrected chi connectivity index (χ2v) is 2.97. The summed E-state index contributed by atoms with van der Waals surface area (Å²) in [6.45, 7) is 0. The molecule has 14 heavy (non-hydrogen) atoms. The Bertz CT molecular complexity index is 390. The third-order valence-electron chi connectivity index (χ3n) is 2.10.